The molecule has 1 aliphatic carbocycles. The molecule has 0 heteroatoms. The molecule has 0 spiro atoms. The van der Waals surface area contributed by atoms with Crippen molar-refractivity contribution in [1.29, 1.82) is 0 Å². The van der Waals surface area contributed by atoms with Gasteiger partial charge in [0.25, 0.3) is 0 Å². The molecule has 0 radical (unpaired) electrons. The van der Waals surface area contributed by atoms with Crippen LogP contribution in [0.3, 0.4) is 0 Å². The highest BCUT2D eigenvalue weighted by atomic mass is 14.3. The molecule has 0 nitrogen and oxygen atoms in total. The zero-order valence-corrected chi connectivity index (χ0v) is 12.5. The highest BCUT2D eigenvalue weighted by Crippen LogP contribution is 2.35. The minimum absolute atomic E-state index is 0.994. The van der Waals surface area contributed by atoms with Crippen molar-refractivity contribution in [1.82, 2.24) is 0 Å². The first-order chi connectivity index (χ1) is 8.22. The zero-order valence-electron chi connectivity index (χ0n) is 12.5. The van der Waals surface area contributed by atoms with Gasteiger partial charge in [0.05, 0.1) is 0 Å². The second kappa shape index (κ2) is 9.00. The van der Waals surface area contributed by atoms with Crippen molar-refractivity contribution in [3.8, 4) is 0 Å². The van der Waals surface area contributed by atoms with E-state index in [2.05, 4.69) is 20.8 Å². The summed E-state index contributed by atoms with van der Waals surface area (Å²) < 4.78 is 0. The van der Waals surface area contributed by atoms with E-state index in [1.807, 2.05) is 0 Å². The van der Waals surface area contributed by atoms with E-state index >= 15 is 0 Å². The molecule has 0 bridgehead atoms. The van der Waals surface area contributed by atoms with Crippen LogP contribution in [-0.2, 0) is 0 Å². The Labute approximate surface area is 110 Å². The number of hydrogen-bond donors (Lipinski definition) is 0. The predicted octanol–water partition coefficient (Wildman–Crippen LogP) is 6.20. The molecule has 0 aromatic heterocycles. The van der Waals surface area contributed by atoms with Crippen LogP contribution in [0.2, 0.25) is 0 Å². The third-order valence-electron chi connectivity index (χ3n) is 4.49. The molecule has 0 aliphatic heterocycles. The Balaban J connectivity index is 1.95. The largest absolute Gasteiger partial charge is 0.0654 e. The van der Waals surface area contributed by atoms with Crippen LogP contribution in [0.25, 0.3) is 0 Å². The Morgan fingerprint density at radius 2 is 1.24 bits per heavy atom. The standard InChI is InChI=1S/C17H34/c1-4-5-6-7-8-9-10-11-17-13-15(2)12-16(3)14-17/h15-17H,4-14H2,1-3H3/t15-,16+,17?. The van der Waals surface area contributed by atoms with Crippen molar-refractivity contribution >= 4 is 0 Å². The minimum atomic E-state index is 0.994. The molecule has 0 heterocycles. The third kappa shape index (κ3) is 7.11. The Morgan fingerprint density at radius 1 is 0.706 bits per heavy atom. The maximum Gasteiger partial charge on any atom is -0.0409 e. The van der Waals surface area contributed by atoms with Crippen LogP contribution in [0.4, 0.5) is 0 Å². The van der Waals surface area contributed by atoms with Gasteiger partial charge in [-0.05, 0) is 37.0 Å². The molecule has 1 fully saturated rings. The molecule has 0 aromatic rings. The second-order valence-corrected chi connectivity index (χ2v) is 6.69. The normalized spacial score (nSPS) is 29.5. The van der Waals surface area contributed by atoms with Gasteiger partial charge >= 0.3 is 0 Å². The van der Waals surface area contributed by atoms with Gasteiger partial charge in [-0.25, -0.2) is 0 Å². The average Bonchev–Trinajstić information content (AvgIpc) is 2.26. The summed E-state index contributed by atoms with van der Waals surface area (Å²) in [5.41, 5.74) is 0. The number of hydrogen-bond acceptors (Lipinski definition) is 0. The highest BCUT2D eigenvalue weighted by molar-refractivity contribution is 4.74. The van der Waals surface area contributed by atoms with Gasteiger partial charge in [0, 0.05) is 0 Å². The molecule has 0 N–H and O–H groups in total. The van der Waals surface area contributed by atoms with Crippen LogP contribution < -0.4 is 0 Å². The van der Waals surface area contributed by atoms with Crippen molar-refractivity contribution in [2.24, 2.45) is 17.8 Å². The summed E-state index contributed by atoms with van der Waals surface area (Å²) >= 11 is 0. The molecule has 102 valence electrons. The number of rotatable bonds is 8. The van der Waals surface area contributed by atoms with E-state index in [1.54, 1.807) is 0 Å². The van der Waals surface area contributed by atoms with E-state index in [0.717, 1.165) is 17.8 Å². The Hall–Kier alpha value is 0. The van der Waals surface area contributed by atoms with Crippen LogP contribution >= 0.6 is 0 Å². The molecule has 3 atom stereocenters. The lowest BCUT2D eigenvalue weighted by Crippen LogP contribution is -2.19. The first-order valence-electron chi connectivity index (χ1n) is 8.22. The van der Waals surface area contributed by atoms with E-state index in [-0.39, 0.29) is 0 Å². The first-order valence-corrected chi connectivity index (χ1v) is 8.22. The lowest BCUT2D eigenvalue weighted by Gasteiger charge is -2.31. The summed E-state index contributed by atoms with van der Waals surface area (Å²) in [6.07, 6.45) is 16.3. The molecular formula is C17H34. The fourth-order valence-electron chi connectivity index (χ4n) is 3.74. The molecular weight excluding hydrogens is 204 g/mol. The summed E-state index contributed by atoms with van der Waals surface area (Å²) in [5.74, 6) is 3.05. The van der Waals surface area contributed by atoms with E-state index < -0.39 is 0 Å². The lowest BCUT2D eigenvalue weighted by atomic mass is 9.75. The SMILES string of the molecule is CCCCCCCCCC1C[C@@H](C)C[C@@H](C)C1. The van der Waals surface area contributed by atoms with Crippen LogP contribution in [0, 0.1) is 17.8 Å². The van der Waals surface area contributed by atoms with Crippen LogP contribution in [0.1, 0.15) is 91.4 Å². The summed E-state index contributed by atoms with van der Waals surface area (Å²) in [6, 6.07) is 0. The van der Waals surface area contributed by atoms with Crippen molar-refractivity contribution < 1.29 is 0 Å². The van der Waals surface area contributed by atoms with E-state index in [0.29, 0.717) is 0 Å². The molecule has 0 amide bonds. The average molecular weight is 238 g/mol. The first kappa shape index (κ1) is 15.1. The second-order valence-electron chi connectivity index (χ2n) is 6.69. The smallest absolute Gasteiger partial charge is 0.0409 e. The van der Waals surface area contributed by atoms with Crippen molar-refractivity contribution in [3.63, 3.8) is 0 Å². The monoisotopic (exact) mass is 238 g/mol. The summed E-state index contributed by atoms with van der Waals surface area (Å²) in [4.78, 5) is 0. The summed E-state index contributed by atoms with van der Waals surface area (Å²) in [5, 5.41) is 0. The third-order valence-corrected chi connectivity index (χ3v) is 4.49. The van der Waals surface area contributed by atoms with Gasteiger partial charge < -0.3 is 0 Å². The van der Waals surface area contributed by atoms with Gasteiger partial charge in [-0.3, -0.25) is 0 Å². The molecule has 17 heavy (non-hydrogen) atoms. The quantitative estimate of drug-likeness (QED) is 0.442. The van der Waals surface area contributed by atoms with Crippen molar-refractivity contribution in [3.05, 3.63) is 0 Å². The predicted molar refractivity (Wildman–Crippen MR) is 78.3 cm³/mol. The minimum Gasteiger partial charge on any atom is -0.0654 e. The van der Waals surface area contributed by atoms with Gasteiger partial charge in [0.2, 0.25) is 0 Å². The van der Waals surface area contributed by atoms with Gasteiger partial charge in [-0.15, -0.1) is 0 Å². The topological polar surface area (TPSA) is 0 Å². The zero-order chi connectivity index (χ0) is 12.5. The van der Waals surface area contributed by atoms with Crippen molar-refractivity contribution in [2.45, 2.75) is 91.4 Å². The Kier molecular flexibility index (Phi) is 7.97. The van der Waals surface area contributed by atoms with E-state index in [1.165, 1.54) is 70.6 Å². The van der Waals surface area contributed by atoms with Gasteiger partial charge in [0.15, 0.2) is 0 Å². The molecule has 1 saturated carbocycles. The summed E-state index contributed by atoms with van der Waals surface area (Å²) in [7, 11) is 0. The summed E-state index contributed by atoms with van der Waals surface area (Å²) in [6.45, 7) is 7.20. The molecule has 1 unspecified atom stereocenters. The Bertz CT molecular complexity index is 163. The van der Waals surface area contributed by atoms with Crippen LogP contribution in [-0.4, -0.2) is 0 Å². The highest BCUT2D eigenvalue weighted by Gasteiger charge is 2.23. The number of unbranched alkanes of at least 4 members (excludes halogenated alkanes) is 6. The molecule has 1 aliphatic rings. The maximum absolute atomic E-state index is 2.45. The van der Waals surface area contributed by atoms with Crippen LogP contribution in [0.15, 0.2) is 0 Å². The van der Waals surface area contributed by atoms with Gasteiger partial charge in [-0.1, -0.05) is 72.1 Å². The van der Waals surface area contributed by atoms with Gasteiger partial charge in [0.1, 0.15) is 0 Å². The van der Waals surface area contributed by atoms with Gasteiger partial charge in [-0.2, -0.15) is 0 Å². The molecule has 0 aromatic carbocycles. The molecule has 0 saturated heterocycles. The van der Waals surface area contributed by atoms with Crippen molar-refractivity contribution in [2.75, 3.05) is 0 Å². The van der Waals surface area contributed by atoms with E-state index in [9.17, 15) is 0 Å². The Morgan fingerprint density at radius 3 is 1.82 bits per heavy atom. The molecule has 1 rings (SSSR count). The fraction of sp³-hybridized carbons (Fsp3) is 1.00. The fourth-order valence-corrected chi connectivity index (χ4v) is 3.74. The lowest BCUT2D eigenvalue weighted by molar-refractivity contribution is 0.206. The maximum atomic E-state index is 2.45. The van der Waals surface area contributed by atoms with E-state index in [4.69, 9.17) is 0 Å². The van der Waals surface area contributed by atoms with Crippen LogP contribution in [0.5, 0.6) is 0 Å².